The SMILES string of the molecule is c1ccc(-c2ccc(-c3ccc(N(c4ccccc4)c4ccccc4-c4cccc5c4c4ccccc4n5-c4ccccc4)cc3)cc2-c2ccccc2)cc1. The van der Waals surface area contributed by atoms with E-state index in [4.69, 9.17) is 0 Å². The topological polar surface area (TPSA) is 8.17 Å². The van der Waals surface area contributed by atoms with Crippen LogP contribution in [0, 0.1) is 0 Å². The van der Waals surface area contributed by atoms with Crippen LogP contribution in [0.15, 0.2) is 231 Å². The van der Waals surface area contributed by atoms with E-state index in [1.54, 1.807) is 0 Å². The van der Waals surface area contributed by atoms with Gasteiger partial charge in [0.15, 0.2) is 0 Å². The van der Waals surface area contributed by atoms with Crippen molar-refractivity contribution in [1.29, 1.82) is 0 Å². The van der Waals surface area contributed by atoms with Gasteiger partial charge in [-0.25, -0.2) is 0 Å². The van der Waals surface area contributed by atoms with Crippen LogP contribution in [0.3, 0.4) is 0 Å². The molecule has 2 heteroatoms. The predicted octanol–water partition coefficient (Wildman–Crippen LogP) is 14.9. The molecule has 9 aromatic carbocycles. The summed E-state index contributed by atoms with van der Waals surface area (Å²) in [6, 6.07) is 83.0. The van der Waals surface area contributed by atoms with E-state index in [0.717, 1.165) is 22.7 Å². The minimum atomic E-state index is 1.09. The summed E-state index contributed by atoms with van der Waals surface area (Å²) in [4.78, 5) is 2.39. The van der Waals surface area contributed by atoms with Gasteiger partial charge in [-0.05, 0) is 99.6 Å². The molecule has 0 aliphatic carbocycles. The van der Waals surface area contributed by atoms with Gasteiger partial charge in [0.2, 0.25) is 0 Å². The lowest BCUT2D eigenvalue weighted by Gasteiger charge is -2.28. The minimum absolute atomic E-state index is 1.09. The van der Waals surface area contributed by atoms with Crippen molar-refractivity contribution < 1.29 is 0 Å². The van der Waals surface area contributed by atoms with Gasteiger partial charge in [0, 0.05) is 33.4 Å². The number of rotatable bonds is 8. The molecule has 0 saturated carbocycles. The summed E-state index contributed by atoms with van der Waals surface area (Å²) in [5, 5.41) is 2.48. The lowest BCUT2D eigenvalue weighted by Crippen LogP contribution is -2.11. The van der Waals surface area contributed by atoms with Gasteiger partial charge in [0.05, 0.1) is 16.7 Å². The summed E-state index contributed by atoms with van der Waals surface area (Å²) < 4.78 is 2.39. The second-order valence-corrected chi connectivity index (χ2v) is 14.1. The smallest absolute Gasteiger partial charge is 0.0547 e. The van der Waals surface area contributed by atoms with Gasteiger partial charge in [-0.2, -0.15) is 0 Å². The van der Waals surface area contributed by atoms with Crippen molar-refractivity contribution in [3.8, 4) is 50.2 Å². The molecule has 0 aliphatic heterocycles. The fraction of sp³-hybridized carbons (Fsp3) is 0. The molecule has 0 aliphatic rings. The zero-order valence-corrected chi connectivity index (χ0v) is 30.8. The Hall–Kier alpha value is -7.42. The highest BCUT2D eigenvalue weighted by atomic mass is 15.1. The molecule has 56 heavy (non-hydrogen) atoms. The van der Waals surface area contributed by atoms with Crippen LogP contribution in [0.1, 0.15) is 0 Å². The first-order chi connectivity index (χ1) is 27.8. The Labute approximate surface area is 327 Å². The first-order valence-electron chi connectivity index (χ1n) is 19.2. The number of benzene rings is 9. The fourth-order valence-electron chi connectivity index (χ4n) is 8.25. The number of para-hydroxylation sites is 4. The highest BCUT2D eigenvalue weighted by molar-refractivity contribution is 6.17. The van der Waals surface area contributed by atoms with Crippen molar-refractivity contribution in [3.05, 3.63) is 231 Å². The number of nitrogens with zero attached hydrogens (tertiary/aromatic N) is 2. The zero-order chi connectivity index (χ0) is 37.3. The van der Waals surface area contributed by atoms with E-state index >= 15 is 0 Å². The number of hydrogen-bond donors (Lipinski definition) is 0. The van der Waals surface area contributed by atoms with Gasteiger partial charge >= 0.3 is 0 Å². The van der Waals surface area contributed by atoms with Gasteiger partial charge in [-0.1, -0.05) is 170 Å². The Morgan fingerprint density at radius 1 is 0.304 bits per heavy atom. The van der Waals surface area contributed by atoms with E-state index in [0.29, 0.717) is 0 Å². The van der Waals surface area contributed by atoms with E-state index in [1.807, 2.05) is 0 Å². The van der Waals surface area contributed by atoms with E-state index in [-0.39, 0.29) is 0 Å². The average molecular weight is 715 g/mol. The lowest BCUT2D eigenvalue weighted by atomic mass is 9.91. The first kappa shape index (κ1) is 33.2. The Morgan fingerprint density at radius 3 is 1.57 bits per heavy atom. The third-order valence-corrected chi connectivity index (χ3v) is 10.8. The van der Waals surface area contributed by atoms with Crippen molar-refractivity contribution in [1.82, 2.24) is 4.57 Å². The summed E-state index contributed by atoms with van der Waals surface area (Å²) >= 11 is 0. The molecule has 10 rings (SSSR count). The van der Waals surface area contributed by atoms with E-state index in [1.165, 1.54) is 66.3 Å². The fourth-order valence-corrected chi connectivity index (χ4v) is 8.25. The van der Waals surface area contributed by atoms with Crippen molar-refractivity contribution in [2.24, 2.45) is 0 Å². The Morgan fingerprint density at radius 2 is 0.839 bits per heavy atom. The van der Waals surface area contributed by atoms with Crippen LogP contribution in [-0.2, 0) is 0 Å². The number of anilines is 3. The first-order valence-corrected chi connectivity index (χ1v) is 19.2. The van der Waals surface area contributed by atoms with E-state index < -0.39 is 0 Å². The van der Waals surface area contributed by atoms with Gasteiger partial charge < -0.3 is 9.47 Å². The number of fused-ring (bicyclic) bond motifs is 3. The van der Waals surface area contributed by atoms with Crippen LogP contribution in [0.4, 0.5) is 17.1 Å². The molecule has 0 spiro atoms. The van der Waals surface area contributed by atoms with Crippen molar-refractivity contribution in [2.45, 2.75) is 0 Å². The molecule has 0 atom stereocenters. The van der Waals surface area contributed by atoms with Crippen LogP contribution in [0.5, 0.6) is 0 Å². The van der Waals surface area contributed by atoms with Crippen LogP contribution >= 0.6 is 0 Å². The van der Waals surface area contributed by atoms with Gasteiger partial charge in [-0.15, -0.1) is 0 Å². The summed E-state index contributed by atoms with van der Waals surface area (Å²) in [7, 11) is 0. The molecular weight excluding hydrogens is 677 g/mol. The third kappa shape index (κ3) is 5.95. The molecule has 0 bridgehead atoms. The monoisotopic (exact) mass is 714 g/mol. The standard InChI is InChI=1S/C54H38N2/c1-5-18-40(19-6-1)46-37-34-42(38-50(46)41-20-7-2-8-21-41)39-32-35-45(36-33-39)55(43-22-9-3-10-23-43)51-29-15-13-26-47(51)48-28-17-31-53-54(48)49-27-14-16-30-52(49)56(53)44-24-11-4-12-25-44/h1-38H. The molecule has 1 heterocycles. The van der Waals surface area contributed by atoms with Crippen LogP contribution in [0.2, 0.25) is 0 Å². The summed E-state index contributed by atoms with van der Waals surface area (Å²) in [6.45, 7) is 0. The molecule has 0 amide bonds. The maximum atomic E-state index is 2.39. The van der Waals surface area contributed by atoms with Crippen LogP contribution < -0.4 is 4.90 Å². The predicted molar refractivity (Wildman–Crippen MR) is 237 cm³/mol. The van der Waals surface area contributed by atoms with E-state index in [9.17, 15) is 0 Å². The average Bonchev–Trinajstić information content (AvgIpc) is 3.63. The number of aromatic nitrogens is 1. The second kappa shape index (κ2) is 14.4. The Bertz CT molecular complexity index is 2930. The highest BCUT2D eigenvalue weighted by Gasteiger charge is 2.21. The minimum Gasteiger partial charge on any atom is -0.310 e. The molecule has 0 fully saturated rings. The molecule has 0 saturated heterocycles. The van der Waals surface area contributed by atoms with Gasteiger partial charge in [0.25, 0.3) is 0 Å². The summed E-state index contributed by atoms with van der Waals surface area (Å²) in [5.41, 5.74) is 16.5. The maximum Gasteiger partial charge on any atom is 0.0547 e. The van der Waals surface area contributed by atoms with Gasteiger partial charge in [0.1, 0.15) is 0 Å². The highest BCUT2D eigenvalue weighted by Crippen LogP contribution is 2.45. The summed E-state index contributed by atoms with van der Waals surface area (Å²) in [5.74, 6) is 0. The lowest BCUT2D eigenvalue weighted by molar-refractivity contribution is 1.18. The Kier molecular flexibility index (Phi) is 8.55. The maximum absolute atomic E-state index is 2.39. The van der Waals surface area contributed by atoms with E-state index in [2.05, 4.69) is 240 Å². The van der Waals surface area contributed by atoms with Crippen LogP contribution in [-0.4, -0.2) is 4.57 Å². The zero-order valence-electron chi connectivity index (χ0n) is 30.8. The van der Waals surface area contributed by atoms with Crippen molar-refractivity contribution in [2.75, 3.05) is 4.90 Å². The Balaban J connectivity index is 1.11. The van der Waals surface area contributed by atoms with Crippen LogP contribution in [0.25, 0.3) is 72.0 Å². The van der Waals surface area contributed by atoms with Crippen molar-refractivity contribution in [3.63, 3.8) is 0 Å². The molecule has 10 aromatic rings. The third-order valence-electron chi connectivity index (χ3n) is 10.8. The molecule has 1 aromatic heterocycles. The molecule has 0 unspecified atom stereocenters. The van der Waals surface area contributed by atoms with Crippen molar-refractivity contribution >= 4 is 38.9 Å². The summed E-state index contributed by atoms with van der Waals surface area (Å²) in [6.07, 6.45) is 0. The molecule has 264 valence electrons. The molecule has 0 radical (unpaired) electrons. The molecule has 0 N–H and O–H groups in total. The van der Waals surface area contributed by atoms with Gasteiger partial charge in [-0.3, -0.25) is 0 Å². The number of hydrogen-bond acceptors (Lipinski definition) is 1. The largest absolute Gasteiger partial charge is 0.310 e. The molecular formula is C54H38N2. The normalized spacial score (nSPS) is 11.2. The second-order valence-electron chi connectivity index (χ2n) is 14.1. The molecule has 2 nitrogen and oxygen atoms in total. The quantitative estimate of drug-likeness (QED) is 0.152.